The molecule has 6 heteroatoms. The lowest BCUT2D eigenvalue weighted by Gasteiger charge is -2.07. The minimum atomic E-state index is -0.403. The number of nitrogens with one attached hydrogen (secondary N) is 1. The van der Waals surface area contributed by atoms with Crippen molar-refractivity contribution in [3.05, 3.63) is 73.8 Å². The van der Waals surface area contributed by atoms with Gasteiger partial charge in [-0.1, -0.05) is 41.4 Å². The maximum absolute atomic E-state index is 10.6. The van der Waals surface area contributed by atoms with Crippen molar-refractivity contribution in [3.8, 4) is 0 Å². The Morgan fingerprint density at radius 1 is 1.10 bits per heavy atom. The van der Waals surface area contributed by atoms with Gasteiger partial charge in [0.15, 0.2) is 0 Å². The maximum Gasteiger partial charge on any atom is 0.269 e. The number of hydrogen-bond donors (Lipinski definition) is 1. The molecule has 2 aromatic carbocycles. The average Bonchev–Trinajstić information content (AvgIpc) is 2.46. The number of nitro groups is 1. The van der Waals surface area contributed by atoms with Gasteiger partial charge in [0.25, 0.3) is 5.69 Å². The number of benzene rings is 2. The number of non-ortho nitro benzene ring substituents is 1. The van der Waals surface area contributed by atoms with Crippen molar-refractivity contribution < 1.29 is 4.92 Å². The van der Waals surface area contributed by atoms with Crippen molar-refractivity contribution in [1.29, 1.82) is 0 Å². The van der Waals surface area contributed by atoms with Crippen LogP contribution in [-0.4, -0.2) is 11.5 Å². The van der Waals surface area contributed by atoms with Crippen molar-refractivity contribution in [1.82, 2.24) is 5.32 Å². The predicted molar refractivity (Wildman–Crippen MR) is 85.0 cm³/mol. The van der Waals surface area contributed by atoms with Crippen LogP contribution < -0.4 is 5.32 Å². The zero-order valence-electron chi connectivity index (χ0n) is 11.2. The third kappa shape index (κ3) is 4.70. The standard InChI is InChI=1S/C15H14Cl2N2O2/c16-13-4-3-12(15(17)9-13)7-8-18-10-11-1-5-14(6-2-11)19(20)21/h1-6,9,18H,7-8,10H2. The van der Waals surface area contributed by atoms with Gasteiger partial charge in [0.1, 0.15) is 0 Å². The lowest BCUT2D eigenvalue weighted by Crippen LogP contribution is -2.16. The molecule has 0 saturated carbocycles. The van der Waals surface area contributed by atoms with E-state index in [0.717, 1.165) is 24.1 Å². The molecule has 0 heterocycles. The second-order valence-corrected chi connectivity index (χ2v) is 5.43. The molecule has 0 fully saturated rings. The van der Waals surface area contributed by atoms with Crippen LogP contribution in [0.3, 0.4) is 0 Å². The molecule has 4 nitrogen and oxygen atoms in total. The molecule has 0 aliphatic rings. The molecule has 0 atom stereocenters. The summed E-state index contributed by atoms with van der Waals surface area (Å²) in [4.78, 5) is 10.2. The summed E-state index contributed by atoms with van der Waals surface area (Å²) in [6.07, 6.45) is 0.795. The van der Waals surface area contributed by atoms with Crippen LogP contribution in [0.25, 0.3) is 0 Å². The highest BCUT2D eigenvalue weighted by Gasteiger charge is 2.04. The molecule has 0 aliphatic heterocycles. The number of nitrogens with zero attached hydrogens (tertiary/aromatic N) is 1. The quantitative estimate of drug-likeness (QED) is 0.491. The van der Waals surface area contributed by atoms with Crippen LogP contribution in [0.2, 0.25) is 10.0 Å². The zero-order valence-corrected chi connectivity index (χ0v) is 12.7. The summed E-state index contributed by atoms with van der Waals surface area (Å²) in [7, 11) is 0. The summed E-state index contributed by atoms with van der Waals surface area (Å²) in [5.74, 6) is 0. The van der Waals surface area contributed by atoms with Gasteiger partial charge in [-0.3, -0.25) is 10.1 Å². The highest BCUT2D eigenvalue weighted by atomic mass is 35.5. The third-order valence-corrected chi connectivity index (χ3v) is 3.65. The van der Waals surface area contributed by atoms with Crippen LogP contribution in [-0.2, 0) is 13.0 Å². The smallest absolute Gasteiger partial charge is 0.269 e. The normalized spacial score (nSPS) is 10.6. The van der Waals surface area contributed by atoms with Gasteiger partial charge in [-0.25, -0.2) is 0 Å². The van der Waals surface area contributed by atoms with E-state index in [1.807, 2.05) is 12.1 Å². The van der Waals surface area contributed by atoms with E-state index >= 15 is 0 Å². The summed E-state index contributed by atoms with van der Waals surface area (Å²) >= 11 is 11.9. The van der Waals surface area contributed by atoms with Gasteiger partial charge >= 0.3 is 0 Å². The first kappa shape index (κ1) is 15.8. The summed E-state index contributed by atoms with van der Waals surface area (Å²) < 4.78 is 0. The first-order chi connectivity index (χ1) is 10.1. The Hall–Kier alpha value is -1.62. The van der Waals surface area contributed by atoms with E-state index in [-0.39, 0.29) is 5.69 Å². The van der Waals surface area contributed by atoms with Crippen molar-refractivity contribution in [2.45, 2.75) is 13.0 Å². The van der Waals surface area contributed by atoms with E-state index in [1.165, 1.54) is 12.1 Å². The predicted octanol–water partition coefficient (Wildman–Crippen LogP) is 4.23. The van der Waals surface area contributed by atoms with Gasteiger partial charge in [-0.15, -0.1) is 0 Å². The molecule has 0 saturated heterocycles. The van der Waals surface area contributed by atoms with Gasteiger partial charge in [0.2, 0.25) is 0 Å². The van der Waals surface area contributed by atoms with E-state index in [9.17, 15) is 10.1 Å². The molecule has 0 unspecified atom stereocenters. The van der Waals surface area contributed by atoms with Crippen LogP contribution in [0.1, 0.15) is 11.1 Å². The van der Waals surface area contributed by atoms with Gasteiger partial charge in [-0.2, -0.15) is 0 Å². The first-order valence-electron chi connectivity index (χ1n) is 6.44. The lowest BCUT2D eigenvalue weighted by molar-refractivity contribution is -0.384. The highest BCUT2D eigenvalue weighted by Crippen LogP contribution is 2.21. The summed E-state index contributed by atoms with van der Waals surface area (Å²) in [5.41, 5.74) is 2.15. The Labute approximate surface area is 132 Å². The molecule has 1 N–H and O–H groups in total. The van der Waals surface area contributed by atoms with Crippen LogP contribution >= 0.6 is 23.2 Å². The van der Waals surface area contributed by atoms with Gasteiger partial charge in [-0.05, 0) is 36.2 Å². The molecule has 2 rings (SSSR count). The SMILES string of the molecule is O=[N+]([O-])c1ccc(CNCCc2ccc(Cl)cc2Cl)cc1. The third-order valence-electron chi connectivity index (χ3n) is 3.06. The minimum absolute atomic E-state index is 0.103. The first-order valence-corrected chi connectivity index (χ1v) is 7.20. The second-order valence-electron chi connectivity index (χ2n) is 4.59. The van der Waals surface area contributed by atoms with E-state index in [0.29, 0.717) is 16.6 Å². The molecule has 110 valence electrons. The molecular weight excluding hydrogens is 311 g/mol. The van der Waals surface area contributed by atoms with Crippen LogP contribution in [0.4, 0.5) is 5.69 Å². The Balaban J connectivity index is 1.80. The monoisotopic (exact) mass is 324 g/mol. The maximum atomic E-state index is 10.6. The van der Waals surface area contributed by atoms with E-state index < -0.39 is 4.92 Å². The Kier molecular flexibility index (Phi) is 5.56. The lowest BCUT2D eigenvalue weighted by atomic mass is 10.1. The van der Waals surface area contributed by atoms with Crippen molar-refractivity contribution in [2.75, 3.05) is 6.54 Å². The molecule has 0 spiro atoms. The van der Waals surface area contributed by atoms with E-state index in [1.54, 1.807) is 18.2 Å². The largest absolute Gasteiger partial charge is 0.312 e. The number of nitro benzene ring substituents is 1. The second kappa shape index (κ2) is 7.41. The number of rotatable bonds is 6. The van der Waals surface area contributed by atoms with Crippen LogP contribution in [0.15, 0.2) is 42.5 Å². The fourth-order valence-corrected chi connectivity index (χ4v) is 2.42. The van der Waals surface area contributed by atoms with Gasteiger partial charge in [0, 0.05) is 28.7 Å². The van der Waals surface area contributed by atoms with Crippen molar-refractivity contribution in [3.63, 3.8) is 0 Å². The Morgan fingerprint density at radius 2 is 1.81 bits per heavy atom. The molecular formula is C15H14Cl2N2O2. The van der Waals surface area contributed by atoms with Gasteiger partial charge < -0.3 is 5.32 Å². The summed E-state index contributed by atoms with van der Waals surface area (Å²) in [5, 5.41) is 15.1. The Bertz CT molecular complexity index is 630. The van der Waals surface area contributed by atoms with Gasteiger partial charge in [0.05, 0.1) is 4.92 Å². The molecule has 2 aromatic rings. The number of halogens is 2. The fourth-order valence-electron chi connectivity index (χ4n) is 1.92. The molecule has 0 radical (unpaired) electrons. The molecule has 0 aromatic heterocycles. The number of hydrogen-bond acceptors (Lipinski definition) is 3. The molecule has 0 bridgehead atoms. The van der Waals surface area contributed by atoms with Crippen molar-refractivity contribution >= 4 is 28.9 Å². The topological polar surface area (TPSA) is 55.2 Å². The molecule has 0 aliphatic carbocycles. The van der Waals surface area contributed by atoms with Crippen LogP contribution in [0, 0.1) is 10.1 Å². The molecule has 21 heavy (non-hydrogen) atoms. The highest BCUT2D eigenvalue weighted by molar-refractivity contribution is 6.35. The zero-order chi connectivity index (χ0) is 15.2. The van der Waals surface area contributed by atoms with Crippen LogP contribution in [0.5, 0.6) is 0 Å². The Morgan fingerprint density at radius 3 is 2.43 bits per heavy atom. The summed E-state index contributed by atoms with van der Waals surface area (Å²) in [6, 6.07) is 12.0. The fraction of sp³-hybridized carbons (Fsp3) is 0.200. The molecule has 0 amide bonds. The van der Waals surface area contributed by atoms with Crippen molar-refractivity contribution in [2.24, 2.45) is 0 Å². The van der Waals surface area contributed by atoms with E-state index in [4.69, 9.17) is 23.2 Å². The average molecular weight is 325 g/mol. The minimum Gasteiger partial charge on any atom is -0.312 e. The van der Waals surface area contributed by atoms with E-state index in [2.05, 4.69) is 5.32 Å². The summed E-state index contributed by atoms with van der Waals surface area (Å²) in [6.45, 7) is 1.42.